The summed E-state index contributed by atoms with van der Waals surface area (Å²) in [5.41, 5.74) is 7.40. The SMILES string of the molecule is COc1cc(COc2ccccc2)ccc1N. The highest BCUT2D eigenvalue weighted by Crippen LogP contribution is 2.23. The van der Waals surface area contributed by atoms with Crippen LogP contribution in [0.25, 0.3) is 0 Å². The first-order valence-corrected chi connectivity index (χ1v) is 5.40. The zero-order valence-electron chi connectivity index (χ0n) is 9.72. The Balaban J connectivity index is 2.04. The lowest BCUT2D eigenvalue weighted by molar-refractivity contribution is 0.305. The summed E-state index contributed by atoms with van der Waals surface area (Å²) in [6.45, 7) is 0.501. The van der Waals surface area contributed by atoms with Crippen molar-refractivity contribution in [1.82, 2.24) is 0 Å². The smallest absolute Gasteiger partial charge is 0.142 e. The van der Waals surface area contributed by atoms with Crippen molar-refractivity contribution in [2.24, 2.45) is 0 Å². The summed E-state index contributed by atoms with van der Waals surface area (Å²) in [7, 11) is 1.60. The van der Waals surface area contributed by atoms with E-state index < -0.39 is 0 Å². The number of benzene rings is 2. The van der Waals surface area contributed by atoms with Crippen molar-refractivity contribution in [2.45, 2.75) is 6.61 Å². The van der Waals surface area contributed by atoms with Crippen molar-refractivity contribution in [2.75, 3.05) is 12.8 Å². The molecule has 3 nitrogen and oxygen atoms in total. The van der Waals surface area contributed by atoms with Crippen molar-refractivity contribution in [3.63, 3.8) is 0 Å². The van der Waals surface area contributed by atoms with E-state index in [0.717, 1.165) is 11.3 Å². The normalized spacial score (nSPS) is 9.94. The minimum absolute atomic E-state index is 0.501. The van der Waals surface area contributed by atoms with E-state index >= 15 is 0 Å². The van der Waals surface area contributed by atoms with Crippen molar-refractivity contribution in [3.05, 3.63) is 54.1 Å². The number of rotatable bonds is 4. The molecule has 0 aromatic heterocycles. The number of anilines is 1. The Morgan fingerprint density at radius 3 is 2.53 bits per heavy atom. The van der Waals surface area contributed by atoms with Gasteiger partial charge < -0.3 is 15.2 Å². The maximum absolute atomic E-state index is 5.74. The molecule has 0 aliphatic rings. The Labute approximate surface area is 101 Å². The van der Waals surface area contributed by atoms with Crippen LogP contribution in [0.1, 0.15) is 5.56 Å². The van der Waals surface area contributed by atoms with E-state index in [-0.39, 0.29) is 0 Å². The van der Waals surface area contributed by atoms with Crippen LogP contribution in [0.15, 0.2) is 48.5 Å². The second-order valence-corrected chi connectivity index (χ2v) is 3.68. The van der Waals surface area contributed by atoms with Gasteiger partial charge in [0.05, 0.1) is 12.8 Å². The van der Waals surface area contributed by atoms with Gasteiger partial charge in [-0.1, -0.05) is 24.3 Å². The van der Waals surface area contributed by atoms with Gasteiger partial charge >= 0.3 is 0 Å². The third-order valence-corrected chi connectivity index (χ3v) is 2.45. The van der Waals surface area contributed by atoms with Gasteiger partial charge in [-0.3, -0.25) is 0 Å². The summed E-state index contributed by atoms with van der Waals surface area (Å²) in [6, 6.07) is 15.3. The molecule has 2 aromatic rings. The highest BCUT2D eigenvalue weighted by atomic mass is 16.5. The lowest BCUT2D eigenvalue weighted by atomic mass is 10.2. The number of nitrogens with two attached hydrogens (primary N) is 1. The third-order valence-electron chi connectivity index (χ3n) is 2.45. The molecule has 0 saturated carbocycles. The van der Waals surface area contributed by atoms with Gasteiger partial charge in [-0.25, -0.2) is 0 Å². The largest absolute Gasteiger partial charge is 0.495 e. The van der Waals surface area contributed by atoms with E-state index in [2.05, 4.69) is 0 Å². The van der Waals surface area contributed by atoms with Crippen LogP contribution in [-0.2, 0) is 6.61 Å². The summed E-state index contributed by atoms with van der Waals surface area (Å²) in [5, 5.41) is 0. The van der Waals surface area contributed by atoms with Crippen LogP contribution in [-0.4, -0.2) is 7.11 Å². The molecule has 0 fully saturated rings. The van der Waals surface area contributed by atoms with E-state index in [1.807, 2.05) is 48.5 Å². The van der Waals surface area contributed by atoms with E-state index in [1.165, 1.54) is 0 Å². The molecular weight excluding hydrogens is 214 g/mol. The second kappa shape index (κ2) is 5.25. The van der Waals surface area contributed by atoms with Gasteiger partial charge in [0.25, 0.3) is 0 Å². The van der Waals surface area contributed by atoms with Crippen molar-refractivity contribution in [3.8, 4) is 11.5 Å². The second-order valence-electron chi connectivity index (χ2n) is 3.68. The van der Waals surface area contributed by atoms with Crippen LogP contribution in [0.3, 0.4) is 0 Å². The lowest BCUT2D eigenvalue weighted by Crippen LogP contribution is -1.98. The molecule has 17 heavy (non-hydrogen) atoms. The average Bonchev–Trinajstić information content (AvgIpc) is 2.39. The zero-order valence-corrected chi connectivity index (χ0v) is 9.72. The molecular formula is C14H15NO2. The fourth-order valence-electron chi connectivity index (χ4n) is 1.53. The first-order valence-electron chi connectivity index (χ1n) is 5.40. The summed E-state index contributed by atoms with van der Waals surface area (Å²) >= 11 is 0. The van der Waals surface area contributed by atoms with Gasteiger partial charge in [-0.05, 0) is 29.8 Å². The first-order chi connectivity index (χ1) is 8.29. The predicted molar refractivity (Wildman–Crippen MR) is 68.2 cm³/mol. The van der Waals surface area contributed by atoms with Crippen LogP contribution < -0.4 is 15.2 Å². The number of nitrogen functional groups attached to an aromatic ring is 1. The quantitative estimate of drug-likeness (QED) is 0.820. The topological polar surface area (TPSA) is 44.5 Å². The Bertz CT molecular complexity index is 483. The zero-order chi connectivity index (χ0) is 12.1. The summed E-state index contributed by atoms with van der Waals surface area (Å²) < 4.78 is 10.8. The third kappa shape index (κ3) is 2.91. The molecule has 0 aliphatic heterocycles. The van der Waals surface area contributed by atoms with Crippen LogP contribution in [0.4, 0.5) is 5.69 Å². The molecule has 2 aromatic carbocycles. The number of hydrogen-bond acceptors (Lipinski definition) is 3. The Hall–Kier alpha value is -2.16. The Morgan fingerprint density at radius 1 is 1.06 bits per heavy atom. The van der Waals surface area contributed by atoms with Crippen LogP contribution in [0.5, 0.6) is 11.5 Å². The molecule has 0 unspecified atom stereocenters. The first kappa shape index (κ1) is 11.3. The van der Waals surface area contributed by atoms with E-state index in [9.17, 15) is 0 Å². The minimum Gasteiger partial charge on any atom is -0.495 e. The summed E-state index contributed by atoms with van der Waals surface area (Å²) in [5.74, 6) is 1.53. The maximum Gasteiger partial charge on any atom is 0.142 e. The Morgan fingerprint density at radius 2 is 1.82 bits per heavy atom. The molecule has 0 spiro atoms. The van der Waals surface area contributed by atoms with E-state index in [0.29, 0.717) is 18.0 Å². The molecule has 0 aliphatic carbocycles. The number of ether oxygens (including phenoxy) is 2. The van der Waals surface area contributed by atoms with Gasteiger partial charge in [0.15, 0.2) is 0 Å². The van der Waals surface area contributed by atoms with Crippen LogP contribution >= 0.6 is 0 Å². The molecule has 0 atom stereocenters. The van der Waals surface area contributed by atoms with Crippen LogP contribution in [0, 0.1) is 0 Å². The predicted octanol–water partition coefficient (Wildman–Crippen LogP) is 2.86. The highest BCUT2D eigenvalue weighted by Gasteiger charge is 2.01. The molecule has 0 amide bonds. The molecule has 0 heterocycles. The highest BCUT2D eigenvalue weighted by molar-refractivity contribution is 5.53. The van der Waals surface area contributed by atoms with Gasteiger partial charge in [0.1, 0.15) is 18.1 Å². The molecule has 0 radical (unpaired) electrons. The average molecular weight is 229 g/mol. The summed E-state index contributed by atoms with van der Waals surface area (Å²) in [6.07, 6.45) is 0. The van der Waals surface area contributed by atoms with E-state index in [4.69, 9.17) is 15.2 Å². The fraction of sp³-hybridized carbons (Fsp3) is 0.143. The van der Waals surface area contributed by atoms with Gasteiger partial charge in [0.2, 0.25) is 0 Å². The van der Waals surface area contributed by atoms with Gasteiger partial charge in [-0.15, -0.1) is 0 Å². The molecule has 0 saturated heterocycles. The maximum atomic E-state index is 5.74. The summed E-state index contributed by atoms with van der Waals surface area (Å²) in [4.78, 5) is 0. The number of methoxy groups -OCH3 is 1. The van der Waals surface area contributed by atoms with Crippen molar-refractivity contribution < 1.29 is 9.47 Å². The Kier molecular flexibility index (Phi) is 3.50. The van der Waals surface area contributed by atoms with E-state index in [1.54, 1.807) is 7.11 Å². The standard InChI is InChI=1S/C14H15NO2/c1-16-14-9-11(7-8-13(14)15)10-17-12-5-3-2-4-6-12/h2-9H,10,15H2,1H3. The molecule has 88 valence electrons. The van der Waals surface area contributed by atoms with Crippen molar-refractivity contribution >= 4 is 5.69 Å². The molecule has 0 bridgehead atoms. The minimum atomic E-state index is 0.501. The molecule has 3 heteroatoms. The molecule has 2 rings (SSSR count). The van der Waals surface area contributed by atoms with Crippen LogP contribution in [0.2, 0.25) is 0 Å². The van der Waals surface area contributed by atoms with Gasteiger partial charge in [0, 0.05) is 0 Å². The monoisotopic (exact) mass is 229 g/mol. The van der Waals surface area contributed by atoms with Gasteiger partial charge in [-0.2, -0.15) is 0 Å². The molecule has 2 N–H and O–H groups in total. The lowest BCUT2D eigenvalue weighted by Gasteiger charge is -2.09. The fourth-order valence-corrected chi connectivity index (χ4v) is 1.53. The number of para-hydroxylation sites is 1. The number of hydrogen-bond donors (Lipinski definition) is 1. The van der Waals surface area contributed by atoms with Crippen molar-refractivity contribution in [1.29, 1.82) is 0 Å².